The van der Waals surface area contributed by atoms with E-state index in [2.05, 4.69) is 142 Å². The molecule has 0 spiro atoms. The zero-order chi connectivity index (χ0) is 34.6. The Morgan fingerprint density at radius 1 is 0.783 bits per heavy atom. The number of benzene rings is 3. The first kappa shape index (κ1) is 37.8. The number of hydrogen-bond donors (Lipinski definition) is 0. The zero-order valence-electron chi connectivity index (χ0n) is 30.5. The summed E-state index contributed by atoms with van der Waals surface area (Å²) in [6.07, 6.45) is 12.8. The van der Waals surface area contributed by atoms with Crippen LogP contribution in [-0.4, -0.2) is 4.21 Å². The molecule has 1 unspecified atom stereocenters. The van der Waals surface area contributed by atoms with Crippen LogP contribution in [0.15, 0.2) is 77.9 Å². The molecule has 0 nitrogen and oxygen atoms in total. The van der Waals surface area contributed by atoms with Gasteiger partial charge in [-0.1, -0.05) is 104 Å². The van der Waals surface area contributed by atoms with Crippen molar-refractivity contribution in [1.29, 1.82) is 0 Å². The average molecular weight is 686 g/mol. The van der Waals surface area contributed by atoms with Gasteiger partial charge in [-0.05, 0) is 58.4 Å². The Morgan fingerprint density at radius 3 is 1.76 bits per heavy atom. The molecule has 7 rings (SSSR count). The summed E-state index contributed by atoms with van der Waals surface area (Å²) in [5, 5.41) is 0. The molecule has 1 atom stereocenters. The van der Waals surface area contributed by atoms with Crippen molar-refractivity contribution >= 4 is 15.4 Å². The van der Waals surface area contributed by atoms with Crippen LogP contribution in [0.3, 0.4) is 0 Å². The maximum atomic E-state index is 3.65. The predicted octanol–water partition coefficient (Wildman–Crippen LogP) is 12.1. The quantitative estimate of drug-likeness (QED) is 0.162. The molecule has 0 heterocycles. The first-order valence-corrected chi connectivity index (χ1v) is 18.3. The summed E-state index contributed by atoms with van der Waals surface area (Å²) >= 11 is 1.30. The predicted molar refractivity (Wildman–Crippen MR) is 199 cm³/mol. The summed E-state index contributed by atoms with van der Waals surface area (Å²) in [6, 6.07) is 22.3. The molecular weight excluding hydrogens is 632 g/mol. The molecule has 0 saturated heterocycles. The Hall–Kier alpha value is -2.63. The Bertz CT molecular complexity index is 1550. The molecule has 0 aliphatic heterocycles. The fourth-order valence-corrected chi connectivity index (χ4v) is 7.27. The van der Waals surface area contributed by atoms with Gasteiger partial charge in [-0.2, -0.15) is 60.5 Å². The van der Waals surface area contributed by atoms with Gasteiger partial charge in [0.1, 0.15) is 0 Å². The third-order valence-corrected chi connectivity index (χ3v) is 9.11. The fourth-order valence-electron chi connectivity index (χ4n) is 7.27. The van der Waals surface area contributed by atoms with Gasteiger partial charge < -0.3 is 6.92 Å². The maximum absolute atomic E-state index is 3.65. The van der Waals surface area contributed by atoms with Crippen LogP contribution in [-0.2, 0) is 41.5 Å². The normalized spacial score (nSPS) is 18.4. The van der Waals surface area contributed by atoms with Gasteiger partial charge in [0.2, 0.25) is 0 Å². The number of fused-ring (bicyclic) bond motifs is 5. The minimum Gasteiger partial charge on any atom is -0.184 e. The van der Waals surface area contributed by atoms with Crippen LogP contribution in [0, 0.1) is 36.5 Å². The largest absolute Gasteiger partial charge is 0.184 e. The molecule has 46 heavy (non-hydrogen) atoms. The molecule has 0 aromatic heterocycles. The van der Waals surface area contributed by atoms with Crippen LogP contribution in [0.5, 0.6) is 0 Å². The molecule has 3 aromatic carbocycles. The van der Waals surface area contributed by atoms with E-state index in [1.165, 1.54) is 91.0 Å². The second-order valence-electron chi connectivity index (χ2n) is 14.7. The number of allylic oxidation sites excluding steroid dienone is 8. The smallest absolute Gasteiger partial charge is 0.171 e. The van der Waals surface area contributed by atoms with Crippen LogP contribution in [0.4, 0.5) is 0 Å². The average Bonchev–Trinajstić information content (AvgIpc) is 3.69. The third kappa shape index (κ3) is 8.08. The van der Waals surface area contributed by atoms with E-state index in [1.54, 1.807) is 6.92 Å². The molecule has 0 saturated carbocycles. The van der Waals surface area contributed by atoms with Crippen molar-refractivity contribution in [2.45, 2.75) is 100 Å². The fraction of sp³-hybridized carbons (Fsp3) is 0.378. The molecule has 4 aliphatic carbocycles. The molecule has 0 radical (unpaired) electrons. The van der Waals surface area contributed by atoms with E-state index in [0.29, 0.717) is 11.3 Å². The van der Waals surface area contributed by atoms with Crippen LogP contribution in [0.2, 0.25) is 0 Å². The molecule has 4 aliphatic rings. The summed E-state index contributed by atoms with van der Waals surface area (Å²) < 4.78 is 3.34. The Morgan fingerprint density at radius 2 is 1.33 bits per heavy atom. The summed E-state index contributed by atoms with van der Waals surface area (Å²) in [5.41, 5.74) is 17.6. The number of hydrogen-bond acceptors (Lipinski definition) is 0. The van der Waals surface area contributed by atoms with E-state index in [9.17, 15) is 0 Å². The third-order valence-electron chi connectivity index (χ3n) is 9.11. The molecule has 1 heteroatoms. The van der Waals surface area contributed by atoms with E-state index < -0.39 is 0 Å². The van der Waals surface area contributed by atoms with Crippen LogP contribution in [0.25, 0.3) is 22.3 Å². The van der Waals surface area contributed by atoms with Gasteiger partial charge in [0, 0.05) is 5.41 Å². The van der Waals surface area contributed by atoms with Gasteiger partial charge in [0.15, 0.2) is 0 Å². The molecule has 242 valence electrons. The molecule has 0 N–H and O–H groups in total. The Balaban J connectivity index is 0.000000227. The summed E-state index contributed by atoms with van der Waals surface area (Å²) in [4.78, 5) is 0. The summed E-state index contributed by atoms with van der Waals surface area (Å²) in [7, 11) is 0. The van der Waals surface area contributed by atoms with Crippen molar-refractivity contribution in [1.82, 2.24) is 0 Å². The van der Waals surface area contributed by atoms with Crippen molar-refractivity contribution in [2.24, 2.45) is 11.3 Å². The van der Waals surface area contributed by atoms with Crippen molar-refractivity contribution in [2.75, 3.05) is 0 Å². The van der Waals surface area contributed by atoms with Crippen LogP contribution < -0.4 is 0 Å². The van der Waals surface area contributed by atoms with Gasteiger partial charge in [0.05, 0.1) is 0 Å². The van der Waals surface area contributed by atoms with Gasteiger partial charge in [-0.3, -0.25) is 12.2 Å². The standard InChI is InChI=1S/C25H25.C11H17.C6H5.C2H5.CH2.Zr/c1-14-12-24(3,4)22-8-16-7-17-9-23-19(15(2)13-25(23,5)6)11-21(17)20(16)10-18(14)22;1-8-6-9(2)10(7-8)11(3,4)5;1-2-4-6-5-3-1;1-2;;/h8-12H,7H2,1-6H3;7-8H,1-5H3;1-5H;1H2,2H3;1H2;/q4*-1;;. The van der Waals surface area contributed by atoms with Crippen LogP contribution >= 0.6 is 0 Å². The Labute approximate surface area is 297 Å². The minimum absolute atomic E-state index is 0.0340. The molecule has 0 fully saturated rings. The van der Waals surface area contributed by atoms with Crippen LogP contribution in [0.1, 0.15) is 116 Å². The molecule has 0 amide bonds. The van der Waals surface area contributed by atoms with E-state index >= 15 is 0 Å². The molecular formula is C45H54Zr-4. The number of rotatable bonds is 0. The monoisotopic (exact) mass is 684 g/mol. The van der Waals surface area contributed by atoms with Gasteiger partial charge in [-0.25, -0.2) is 11.1 Å². The first-order valence-electron chi connectivity index (χ1n) is 16.6. The summed E-state index contributed by atoms with van der Waals surface area (Å²) in [6.45, 7) is 29.8. The second-order valence-corrected chi connectivity index (χ2v) is 14.7. The SMILES string of the molecule is CC1=[C-]C(C)(C)c2cc3c(cc21)-c1cc2c(cc1C3)C(C)(C)C=C2C.CC1=[C-]C(C)C=C1C(C)(C)C.[CH2-]C.[CH2]=[Zr].[c-]1ccccc1. The van der Waals surface area contributed by atoms with Crippen molar-refractivity contribution < 1.29 is 24.2 Å². The van der Waals surface area contributed by atoms with E-state index in [0.717, 1.165) is 6.42 Å². The first-order chi connectivity index (χ1) is 21.6. The zero-order valence-corrected chi connectivity index (χ0v) is 33.0. The topological polar surface area (TPSA) is 0 Å². The van der Waals surface area contributed by atoms with Crippen molar-refractivity contribution in [3.63, 3.8) is 0 Å². The van der Waals surface area contributed by atoms with E-state index in [4.69, 9.17) is 0 Å². The van der Waals surface area contributed by atoms with E-state index in [-0.39, 0.29) is 10.8 Å². The van der Waals surface area contributed by atoms with Gasteiger partial charge in [0.25, 0.3) is 0 Å². The van der Waals surface area contributed by atoms with E-state index in [1.807, 2.05) is 30.3 Å². The molecule has 0 bridgehead atoms. The van der Waals surface area contributed by atoms with Crippen molar-refractivity contribution in [3.05, 3.63) is 136 Å². The minimum atomic E-state index is 0.0340. The Kier molecular flexibility index (Phi) is 12.4. The second kappa shape index (κ2) is 15.1. The summed E-state index contributed by atoms with van der Waals surface area (Å²) in [5.74, 6) is 0.518. The van der Waals surface area contributed by atoms with Gasteiger partial charge >= 0.3 is 28.4 Å². The van der Waals surface area contributed by atoms with Gasteiger partial charge in [-0.15, -0.1) is 11.6 Å². The van der Waals surface area contributed by atoms with Crippen molar-refractivity contribution in [3.8, 4) is 11.1 Å². The maximum Gasteiger partial charge on any atom is -0.171 e. The molecule has 3 aromatic rings.